The number of halogens is 1. The number of pyridine rings is 1. The molecule has 0 N–H and O–H groups in total. The van der Waals surface area contributed by atoms with Gasteiger partial charge in [0.15, 0.2) is 0 Å². The molecule has 1 spiro atoms. The molecule has 0 unspecified atom stereocenters. The van der Waals surface area contributed by atoms with Crippen LogP contribution in [-0.2, 0) is 23.2 Å². The molecule has 3 aliphatic carbocycles. The number of ether oxygens (including phenoxy) is 2. The van der Waals surface area contributed by atoms with Crippen LogP contribution in [0.15, 0.2) is 48.7 Å². The Morgan fingerprint density at radius 2 is 1.90 bits per heavy atom. The SMILES string of the molecule is COc1cc(-c2ccc(COc3ccc4c(c3)[C@@]3(CCC4)CC[C@H]3C=O)cc2[C@@H]2CCCC2(C)C)c(F)cn1. The lowest BCUT2D eigenvalue weighted by Crippen LogP contribution is -2.47. The number of carbonyl (C=O) groups excluding carboxylic acids is 1. The second-order valence-corrected chi connectivity index (χ2v) is 12.5. The number of aryl methyl sites for hydroxylation is 1. The normalized spacial score (nSPS) is 25.1. The van der Waals surface area contributed by atoms with Gasteiger partial charge in [-0.05, 0) is 96.2 Å². The minimum Gasteiger partial charge on any atom is -0.489 e. The van der Waals surface area contributed by atoms with E-state index in [0.29, 0.717) is 24.0 Å². The van der Waals surface area contributed by atoms with Crippen LogP contribution >= 0.6 is 0 Å². The Hall–Kier alpha value is -3.21. The molecule has 5 heteroatoms. The van der Waals surface area contributed by atoms with E-state index < -0.39 is 0 Å². The highest BCUT2D eigenvalue weighted by Gasteiger charge is 2.49. The van der Waals surface area contributed by atoms with Crippen molar-refractivity contribution in [3.05, 3.63) is 76.7 Å². The number of carbonyl (C=O) groups is 1. The highest BCUT2D eigenvalue weighted by atomic mass is 19.1. The molecule has 0 bridgehead atoms. The van der Waals surface area contributed by atoms with Crippen LogP contribution in [0.5, 0.6) is 11.6 Å². The molecule has 2 aromatic carbocycles. The zero-order valence-corrected chi connectivity index (χ0v) is 23.3. The zero-order chi connectivity index (χ0) is 27.2. The fourth-order valence-corrected chi connectivity index (χ4v) is 7.60. The average Bonchev–Trinajstić information content (AvgIpc) is 3.30. The fourth-order valence-electron chi connectivity index (χ4n) is 7.60. The minimum atomic E-state index is -0.343. The van der Waals surface area contributed by atoms with Crippen molar-refractivity contribution in [2.24, 2.45) is 11.3 Å². The van der Waals surface area contributed by atoms with E-state index in [-0.39, 0.29) is 22.6 Å². The average molecular weight is 528 g/mol. The largest absolute Gasteiger partial charge is 0.489 e. The van der Waals surface area contributed by atoms with Crippen molar-refractivity contribution in [3.63, 3.8) is 0 Å². The summed E-state index contributed by atoms with van der Waals surface area (Å²) in [6.07, 6.45) is 11.2. The van der Waals surface area contributed by atoms with Crippen molar-refractivity contribution < 1.29 is 18.7 Å². The molecule has 204 valence electrons. The summed E-state index contributed by atoms with van der Waals surface area (Å²) in [5.41, 5.74) is 6.48. The molecule has 1 heterocycles. The summed E-state index contributed by atoms with van der Waals surface area (Å²) >= 11 is 0. The second kappa shape index (κ2) is 10.1. The van der Waals surface area contributed by atoms with Gasteiger partial charge in [0.1, 0.15) is 24.5 Å². The molecule has 1 aromatic heterocycles. The van der Waals surface area contributed by atoms with Crippen molar-refractivity contribution >= 4 is 6.29 Å². The summed E-state index contributed by atoms with van der Waals surface area (Å²) in [5.74, 6) is 1.37. The number of hydrogen-bond acceptors (Lipinski definition) is 4. The molecule has 3 atom stereocenters. The maximum absolute atomic E-state index is 15.0. The molecular formula is C34H38FNO3. The van der Waals surface area contributed by atoms with Crippen molar-refractivity contribution in [1.29, 1.82) is 0 Å². The first kappa shape index (κ1) is 26.0. The van der Waals surface area contributed by atoms with E-state index >= 15 is 4.39 Å². The Balaban J connectivity index is 1.31. The number of rotatable bonds is 7. The van der Waals surface area contributed by atoms with E-state index in [0.717, 1.165) is 61.8 Å². The topological polar surface area (TPSA) is 48.4 Å². The third kappa shape index (κ3) is 4.54. The Bertz CT molecular complexity index is 1400. The Morgan fingerprint density at radius 3 is 2.62 bits per heavy atom. The molecule has 3 aliphatic rings. The molecule has 0 radical (unpaired) electrons. The number of nitrogens with zero attached hydrogens (tertiary/aromatic N) is 1. The van der Waals surface area contributed by atoms with Crippen molar-refractivity contribution in [3.8, 4) is 22.8 Å². The first-order valence-electron chi connectivity index (χ1n) is 14.4. The van der Waals surface area contributed by atoms with E-state index in [1.54, 1.807) is 13.2 Å². The van der Waals surface area contributed by atoms with Gasteiger partial charge in [-0.2, -0.15) is 0 Å². The van der Waals surface area contributed by atoms with Gasteiger partial charge in [-0.25, -0.2) is 9.37 Å². The number of hydrogen-bond donors (Lipinski definition) is 0. The van der Waals surface area contributed by atoms with Gasteiger partial charge >= 0.3 is 0 Å². The maximum atomic E-state index is 15.0. The van der Waals surface area contributed by atoms with Gasteiger partial charge in [-0.1, -0.05) is 44.5 Å². The summed E-state index contributed by atoms with van der Waals surface area (Å²) in [5, 5.41) is 0. The van der Waals surface area contributed by atoms with Gasteiger partial charge in [0.05, 0.1) is 13.3 Å². The van der Waals surface area contributed by atoms with Crippen LogP contribution in [-0.4, -0.2) is 18.4 Å². The van der Waals surface area contributed by atoms with E-state index in [1.807, 2.05) is 12.1 Å². The lowest BCUT2D eigenvalue weighted by Gasteiger charge is -2.51. The summed E-state index contributed by atoms with van der Waals surface area (Å²) < 4.78 is 26.7. The quantitative estimate of drug-likeness (QED) is 0.293. The highest BCUT2D eigenvalue weighted by molar-refractivity contribution is 5.70. The van der Waals surface area contributed by atoms with Gasteiger partial charge in [-0.15, -0.1) is 0 Å². The summed E-state index contributed by atoms with van der Waals surface area (Å²) in [6, 6.07) is 14.4. The first-order valence-corrected chi connectivity index (χ1v) is 14.4. The monoisotopic (exact) mass is 527 g/mol. The second-order valence-electron chi connectivity index (χ2n) is 12.5. The minimum absolute atomic E-state index is 0.00719. The smallest absolute Gasteiger partial charge is 0.213 e. The molecule has 0 saturated heterocycles. The van der Waals surface area contributed by atoms with Gasteiger partial charge in [0.25, 0.3) is 0 Å². The zero-order valence-electron chi connectivity index (χ0n) is 23.3. The Kier molecular flexibility index (Phi) is 6.73. The summed E-state index contributed by atoms with van der Waals surface area (Å²) in [7, 11) is 1.55. The van der Waals surface area contributed by atoms with Crippen LogP contribution in [0.3, 0.4) is 0 Å². The van der Waals surface area contributed by atoms with Crippen molar-refractivity contribution in [2.75, 3.05) is 7.11 Å². The Morgan fingerprint density at radius 1 is 1.03 bits per heavy atom. The summed E-state index contributed by atoms with van der Waals surface area (Å²) in [4.78, 5) is 15.8. The number of methoxy groups -OCH3 is 1. The van der Waals surface area contributed by atoms with E-state index in [2.05, 4.69) is 43.1 Å². The predicted octanol–water partition coefficient (Wildman–Crippen LogP) is 7.95. The van der Waals surface area contributed by atoms with Crippen LogP contribution in [0.1, 0.15) is 87.0 Å². The van der Waals surface area contributed by atoms with Gasteiger partial charge in [-0.3, -0.25) is 0 Å². The van der Waals surface area contributed by atoms with Crippen LogP contribution in [0, 0.1) is 17.2 Å². The molecule has 4 nitrogen and oxygen atoms in total. The third-order valence-corrected chi connectivity index (χ3v) is 9.95. The van der Waals surface area contributed by atoms with Gasteiger partial charge in [0, 0.05) is 23.0 Å². The standard InChI is InChI=1S/C34H38FNO3/c1-33(2)13-5-7-29(33)27-16-22(8-11-26(27)28-18-32(38-3)36-19-31(28)35)21-39-25-10-9-23-6-4-14-34(30(23)17-25)15-12-24(34)20-37/h8-11,16-20,24,29H,4-7,12-15,21H2,1-3H3/t24-,29-,34-/m0/s1. The first-order chi connectivity index (χ1) is 18.8. The van der Waals surface area contributed by atoms with Crippen molar-refractivity contribution in [1.82, 2.24) is 4.98 Å². The molecular weight excluding hydrogens is 489 g/mol. The molecule has 0 amide bonds. The maximum Gasteiger partial charge on any atom is 0.213 e. The van der Waals surface area contributed by atoms with E-state index in [9.17, 15) is 4.79 Å². The molecule has 3 aromatic rings. The lowest BCUT2D eigenvalue weighted by atomic mass is 9.52. The summed E-state index contributed by atoms with van der Waals surface area (Å²) in [6.45, 7) is 5.07. The van der Waals surface area contributed by atoms with Crippen molar-refractivity contribution in [2.45, 2.75) is 83.2 Å². The number of benzene rings is 2. The van der Waals surface area contributed by atoms with E-state index in [4.69, 9.17) is 9.47 Å². The lowest BCUT2D eigenvalue weighted by molar-refractivity contribution is -0.117. The number of aromatic nitrogens is 1. The van der Waals surface area contributed by atoms with Crippen LogP contribution in [0.2, 0.25) is 0 Å². The van der Waals surface area contributed by atoms with Gasteiger partial charge < -0.3 is 14.3 Å². The van der Waals surface area contributed by atoms with Gasteiger partial charge in [0.2, 0.25) is 5.88 Å². The predicted molar refractivity (Wildman–Crippen MR) is 151 cm³/mol. The molecule has 2 fully saturated rings. The Labute approximate surface area is 231 Å². The molecule has 6 rings (SSSR count). The number of aldehydes is 1. The third-order valence-electron chi connectivity index (χ3n) is 9.95. The van der Waals surface area contributed by atoms with E-state index in [1.165, 1.54) is 35.6 Å². The van der Waals surface area contributed by atoms with Crippen LogP contribution < -0.4 is 9.47 Å². The fraction of sp³-hybridized carbons (Fsp3) is 0.471. The molecule has 39 heavy (non-hydrogen) atoms. The van der Waals surface area contributed by atoms with Crippen LogP contribution in [0.25, 0.3) is 11.1 Å². The number of fused-ring (bicyclic) bond motifs is 2. The molecule has 2 saturated carbocycles. The molecule has 0 aliphatic heterocycles. The van der Waals surface area contributed by atoms with Crippen LogP contribution in [0.4, 0.5) is 4.39 Å². The highest BCUT2D eigenvalue weighted by Crippen LogP contribution is 2.55.